The average Bonchev–Trinajstić information content (AvgIpc) is 2.87. The van der Waals surface area contributed by atoms with Gasteiger partial charge in [0.05, 0.1) is 0 Å². The lowest BCUT2D eigenvalue weighted by atomic mass is 9.88. The van der Waals surface area contributed by atoms with E-state index < -0.39 is 0 Å². The average molecular weight is 283 g/mol. The largest absolute Gasteiger partial charge is 0.396 e. The van der Waals surface area contributed by atoms with Gasteiger partial charge in [-0.3, -0.25) is 4.79 Å². The second kappa shape index (κ2) is 8.33. The molecule has 0 unspecified atom stereocenters. The van der Waals surface area contributed by atoms with Crippen LogP contribution in [0.25, 0.3) is 0 Å². The molecule has 0 bridgehead atoms. The van der Waals surface area contributed by atoms with Gasteiger partial charge in [-0.15, -0.1) is 11.3 Å². The summed E-state index contributed by atoms with van der Waals surface area (Å²) in [5, 5.41) is 13.9. The molecule has 3 nitrogen and oxygen atoms in total. The standard InChI is InChI=1S/C15H25NO2S/c1-15(2,9-5-10-17)12-16-14(18)8-3-6-13-7-4-11-19-13/h4,7,11,17H,3,5-6,8-10,12H2,1-2H3,(H,16,18). The van der Waals surface area contributed by atoms with E-state index in [1.807, 2.05) is 6.07 Å². The fraction of sp³-hybridized carbons (Fsp3) is 0.667. The van der Waals surface area contributed by atoms with Crippen LogP contribution in [0.15, 0.2) is 17.5 Å². The van der Waals surface area contributed by atoms with E-state index in [4.69, 9.17) is 5.11 Å². The third kappa shape index (κ3) is 7.33. The van der Waals surface area contributed by atoms with E-state index in [2.05, 4.69) is 30.6 Å². The second-order valence-electron chi connectivity index (χ2n) is 5.70. The van der Waals surface area contributed by atoms with Crippen LogP contribution in [-0.2, 0) is 11.2 Å². The molecule has 0 fully saturated rings. The molecule has 0 aliphatic heterocycles. The number of aliphatic hydroxyl groups is 1. The van der Waals surface area contributed by atoms with Crippen LogP contribution >= 0.6 is 11.3 Å². The molecular weight excluding hydrogens is 258 g/mol. The Balaban J connectivity index is 2.13. The highest BCUT2D eigenvalue weighted by molar-refractivity contribution is 7.09. The predicted molar refractivity (Wildman–Crippen MR) is 80.4 cm³/mol. The lowest BCUT2D eigenvalue weighted by molar-refractivity contribution is -0.121. The molecule has 1 rings (SSSR count). The fourth-order valence-electron chi connectivity index (χ4n) is 1.95. The van der Waals surface area contributed by atoms with Crippen molar-refractivity contribution < 1.29 is 9.90 Å². The lowest BCUT2D eigenvalue weighted by Gasteiger charge is -2.24. The molecule has 2 N–H and O–H groups in total. The number of amides is 1. The summed E-state index contributed by atoms with van der Waals surface area (Å²) in [5.74, 6) is 0.133. The Hall–Kier alpha value is -0.870. The van der Waals surface area contributed by atoms with Gasteiger partial charge in [-0.1, -0.05) is 19.9 Å². The summed E-state index contributed by atoms with van der Waals surface area (Å²) in [6.07, 6.45) is 4.20. The van der Waals surface area contributed by atoms with Gasteiger partial charge < -0.3 is 10.4 Å². The topological polar surface area (TPSA) is 49.3 Å². The minimum atomic E-state index is 0.0616. The highest BCUT2D eigenvalue weighted by atomic mass is 32.1. The Labute approximate surface area is 120 Å². The van der Waals surface area contributed by atoms with Crippen LogP contribution in [0, 0.1) is 5.41 Å². The van der Waals surface area contributed by atoms with Gasteiger partial charge in [0.1, 0.15) is 0 Å². The van der Waals surface area contributed by atoms with Crippen LogP contribution in [0.3, 0.4) is 0 Å². The van der Waals surface area contributed by atoms with E-state index in [0.29, 0.717) is 13.0 Å². The van der Waals surface area contributed by atoms with Crippen molar-refractivity contribution >= 4 is 17.2 Å². The first-order valence-corrected chi connectivity index (χ1v) is 7.81. The van der Waals surface area contributed by atoms with Gasteiger partial charge >= 0.3 is 0 Å². The molecule has 0 aliphatic rings. The normalized spacial score (nSPS) is 11.5. The van der Waals surface area contributed by atoms with Crippen LogP contribution in [0.2, 0.25) is 0 Å². The summed E-state index contributed by atoms with van der Waals surface area (Å²) in [6, 6.07) is 4.16. The van der Waals surface area contributed by atoms with Crippen LogP contribution < -0.4 is 5.32 Å². The van der Waals surface area contributed by atoms with Crippen molar-refractivity contribution in [3.63, 3.8) is 0 Å². The molecule has 0 saturated heterocycles. The Morgan fingerprint density at radius 3 is 2.84 bits per heavy atom. The summed E-state index contributed by atoms with van der Waals surface area (Å²) in [6.45, 7) is 5.15. The van der Waals surface area contributed by atoms with Gasteiger partial charge in [-0.25, -0.2) is 0 Å². The van der Waals surface area contributed by atoms with E-state index in [9.17, 15) is 4.79 Å². The molecule has 1 aromatic heterocycles. The number of nitrogens with one attached hydrogen (secondary N) is 1. The van der Waals surface area contributed by atoms with Crippen molar-refractivity contribution in [3.8, 4) is 0 Å². The van der Waals surface area contributed by atoms with Crippen molar-refractivity contribution in [3.05, 3.63) is 22.4 Å². The van der Waals surface area contributed by atoms with E-state index in [1.54, 1.807) is 11.3 Å². The van der Waals surface area contributed by atoms with Crippen LogP contribution in [-0.4, -0.2) is 24.2 Å². The van der Waals surface area contributed by atoms with Gasteiger partial charge in [0.2, 0.25) is 5.91 Å². The third-order valence-corrected chi connectivity index (χ3v) is 4.12. The van der Waals surface area contributed by atoms with Gasteiger partial charge in [0, 0.05) is 24.4 Å². The van der Waals surface area contributed by atoms with E-state index in [-0.39, 0.29) is 17.9 Å². The maximum Gasteiger partial charge on any atom is 0.220 e. The van der Waals surface area contributed by atoms with E-state index in [1.165, 1.54) is 4.88 Å². The molecule has 0 atom stereocenters. The highest BCUT2D eigenvalue weighted by Crippen LogP contribution is 2.20. The molecule has 4 heteroatoms. The van der Waals surface area contributed by atoms with Crippen LogP contribution in [0.4, 0.5) is 0 Å². The van der Waals surface area contributed by atoms with Crippen molar-refractivity contribution in [1.82, 2.24) is 5.32 Å². The molecule has 0 radical (unpaired) electrons. The Bertz CT molecular complexity index is 360. The summed E-state index contributed by atoms with van der Waals surface area (Å²) >= 11 is 1.75. The number of aliphatic hydroxyl groups excluding tert-OH is 1. The van der Waals surface area contributed by atoms with Crippen molar-refractivity contribution in [2.45, 2.75) is 46.0 Å². The molecule has 19 heavy (non-hydrogen) atoms. The van der Waals surface area contributed by atoms with Gasteiger partial charge in [-0.2, -0.15) is 0 Å². The summed E-state index contributed by atoms with van der Waals surface area (Å²) in [7, 11) is 0. The van der Waals surface area contributed by atoms with Crippen molar-refractivity contribution in [2.24, 2.45) is 5.41 Å². The summed E-state index contributed by atoms with van der Waals surface area (Å²) in [4.78, 5) is 13.1. The van der Waals surface area contributed by atoms with E-state index >= 15 is 0 Å². The first-order chi connectivity index (χ1) is 9.03. The Kier molecular flexibility index (Phi) is 7.10. The zero-order chi connectivity index (χ0) is 14.1. The molecule has 1 amide bonds. The van der Waals surface area contributed by atoms with Gasteiger partial charge in [-0.05, 0) is 42.5 Å². The second-order valence-corrected chi connectivity index (χ2v) is 6.73. The van der Waals surface area contributed by atoms with Gasteiger partial charge in [0.15, 0.2) is 0 Å². The molecule has 1 heterocycles. The third-order valence-electron chi connectivity index (χ3n) is 3.18. The first kappa shape index (κ1) is 16.2. The number of carbonyl (C=O) groups is 1. The molecule has 108 valence electrons. The van der Waals surface area contributed by atoms with Crippen molar-refractivity contribution in [2.75, 3.05) is 13.2 Å². The number of hydrogen-bond acceptors (Lipinski definition) is 3. The number of aryl methyl sites for hydroxylation is 1. The van der Waals surface area contributed by atoms with E-state index in [0.717, 1.165) is 25.7 Å². The lowest BCUT2D eigenvalue weighted by Crippen LogP contribution is -2.34. The zero-order valence-corrected chi connectivity index (χ0v) is 12.8. The maximum absolute atomic E-state index is 11.7. The Morgan fingerprint density at radius 1 is 1.42 bits per heavy atom. The fourth-order valence-corrected chi connectivity index (χ4v) is 2.70. The Morgan fingerprint density at radius 2 is 2.21 bits per heavy atom. The quantitative estimate of drug-likeness (QED) is 0.732. The zero-order valence-electron chi connectivity index (χ0n) is 11.9. The minimum absolute atomic E-state index is 0.0616. The van der Waals surface area contributed by atoms with Crippen molar-refractivity contribution in [1.29, 1.82) is 0 Å². The number of carbonyl (C=O) groups excluding carboxylic acids is 1. The summed E-state index contributed by atoms with van der Waals surface area (Å²) < 4.78 is 0. The minimum Gasteiger partial charge on any atom is -0.396 e. The molecule has 1 aromatic rings. The smallest absolute Gasteiger partial charge is 0.220 e. The molecular formula is C15H25NO2S. The predicted octanol–water partition coefficient (Wildman–Crippen LogP) is 2.99. The molecule has 0 aromatic carbocycles. The maximum atomic E-state index is 11.7. The molecule has 0 saturated carbocycles. The molecule has 0 aliphatic carbocycles. The van der Waals surface area contributed by atoms with Gasteiger partial charge in [0.25, 0.3) is 0 Å². The monoisotopic (exact) mass is 283 g/mol. The van der Waals surface area contributed by atoms with Crippen LogP contribution in [0.5, 0.6) is 0 Å². The number of rotatable bonds is 9. The number of hydrogen-bond donors (Lipinski definition) is 2. The SMILES string of the molecule is CC(C)(CCCO)CNC(=O)CCCc1cccs1. The number of thiophene rings is 1. The summed E-state index contributed by atoms with van der Waals surface area (Å²) in [5.41, 5.74) is 0.0616. The highest BCUT2D eigenvalue weighted by Gasteiger charge is 2.18. The van der Waals surface area contributed by atoms with Crippen LogP contribution in [0.1, 0.15) is 44.4 Å². The first-order valence-electron chi connectivity index (χ1n) is 6.93. The molecule has 0 spiro atoms.